The van der Waals surface area contributed by atoms with Crippen molar-refractivity contribution in [2.24, 2.45) is 5.92 Å². The molecule has 0 aliphatic rings. The number of carbonyl (C=O) groups excluding carboxylic acids is 2. The van der Waals surface area contributed by atoms with Gasteiger partial charge in [-0.2, -0.15) is 0 Å². The van der Waals surface area contributed by atoms with E-state index in [-0.39, 0.29) is 65.5 Å². The summed E-state index contributed by atoms with van der Waals surface area (Å²) in [5.41, 5.74) is 3.59. The van der Waals surface area contributed by atoms with Crippen molar-refractivity contribution in [2.45, 2.75) is 32.6 Å². The first-order chi connectivity index (χ1) is 15.9. The van der Waals surface area contributed by atoms with Gasteiger partial charge in [-0.1, -0.05) is 31.0 Å². The Hall–Kier alpha value is -1.87. The van der Waals surface area contributed by atoms with Crippen molar-refractivity contribution in [3.8, 4) is 17.2 Å². The molecule has 4 aromatic rings. The van der Waals surface area contributed by atoms with Crippen LogP contribution in [0.1, 0.15) is 31.2 Å². The summed E-state index contributed by atoms with van der Waals surface area (Å²) in [5, 5.41) is 23.5. The van der Waals surface area contributed by atoms with Crippen molar-refractivity contribution in [1.29, 1.82) is 0 Å². The molecule has 3 aromatic carbocycles. The van der Waals surface area contributed by atoms with E-state index in [0.717, 1.165) is 38.7 Å². The van der Waals surface area contributed by atoms with E-state index in [9.17, 15) is 19.8 Å². The number of carboxylic acids is 2. The van der Waals surface area contributed by atoms with E-state index in [1.807, 2.05) is 61.5 Å². The van der Waals surface area contributed by atoms with Gasteiger partial charge in [0.2, 0.25) is 5.89 Å². The third-order valence-corrected chi connectivity index (χ3v) is 5.60. The van der Waals surface area contributed by atoms with Crippen LogP contribution in [-0.2, 0) is 9.59 Å². The number of ether oxygens (including phenoxy) is 1. The van der Waals surface area contributed by atoms with E-state index in [0.29, 0.717) is 31.8 Å². The Morgan fingerprint density at radius 3 is 2.49 bits per heavy atom. The summed E-state index contributed by atoms with van der Waals surface area (Å²) in [6, 6.07) is 17.7. The molecule has 0 saturated heterocycles. The number of benzene rings is 3. The summed E-state index contributed by atoms with van der Waals surface area (Å²) < 4.78 is 11.8. The maximum atomic E-state index is 10.8. The number of aromatic nitrogens is 1. The molecule has 0 unspecified atom stereocenters. The van der Waals surface area contributed by atoms with E-state index in [4.69, 9.17) is 9.15 Å². The Morgan fingerprint density at radius 2 is 1.74 bits per heavy atom. The molecule has 0 saturated carbocycles. The Morgan fingerprint density at radius 1 is 0.971 bits per heavy atom. The number of oxazole rings is 1. The van der Waals surface area contributed by atoms with Crippen LogP contribution in [0.15, 0.2) is 59.0 Å². The molecule has 9 heteroatoms. The van der Waals surface area contributed by atoms with Crippen LogP contribution in [0, 0.1) is 12.8 Å². The molecular weight excluding hydrogens is 468 g/mol. The van der Waals surface area contributed by atoms with Crippen molar-refractivity contribution in [3.63, 3.8) is 0 Å². The zero-order chi connectivity index (χ0) is 23.4. The molecule has 0 N–H and O–H groups in total. The minimum Gasteiger partial charge on any atom is -0.549 e. The van der Waals surface area contributed by atoms with Gasteiger partial charge in [-0.25, -0.2) is 4.98 Å². The quantitative estimate of drug-likeness (QED) is 0.132. The van der Waals surface area contributed by atoms with Crippen LogP contribution in [0.25, 0.3) is 33.3 Å². The van der Waals surface area contributed by atoms with Gasteiger partial charge in [0.15, 0.2) is 5.58 Å². The fourth-order valence-electron chi connectivity index (χ4n) is 3.83. The molecule has 0 amide bonds. The molecule has 4 rings (SSSR count). The summed E-state index contributed by atoms with van der Waals surface area (Å²) in [4.78, 5) is 26.1. The summed E-state index contributed by atoms with van der Waals surface area (Å²) in [5.74, 6) is -3.48. The SMILES string of the molecule is Cc1ccc2nc(-c3cccc4cc(OCCCCCC(C(=O)[O-])C(=O)[O-])ccc34)oc2c1.[Na+].[Na+]. The van der Waals surface area contributed by atoms with Gasteiger partial charge in [-0.05, 0) is 72.5 Å². The first kappa shape index (κ1) is 29.4. The molecule has 0 spiro atoms. The van der Waals surface area contributed by atoms with Crippen LogP contribution in [0.5, 0.6) is 5.75 Å². The normalized spacial score (nSPS) is 10.7. The second-order valence-electron chi connectivity index (χ2n) is 8.07. The number of fused-ring (bicyclic) bond motifs is 2. The maximum Gasteiger partial charge on any atom is 1.00 e. The molecule has 0 aliphatic carbocycles. The number of nitrogens with zero attached hydrogens (tertiary/aromatic N) is 1. The molecule has 0 aliphatic heterocycles. The van der Waals surface area contributed by atoms with Crippen LogP contribution in [0.2, 0.25) is 0 Å². The minimum absolute atomic E-state index is 0. The van der Waals surface area contributed by atoms with Crippen molar-refractivity contribution < 1.29 is 88.1 Å². The summed E-state index contributed by atoms with van der Waals surface area (Å²) >= 11 is 0. The van der Waals surface area contributed by atoms with Crippen molar-refractivity contribution in [2.75, 3.05) is 6.61 Å². The number of unbranched alkanes of at least 4 members (excludes halogenated alkanes) is 2. The Labute approximate surface area is 247 Å². The first-order valence-corrected chi connectivity index (χ1v) is 10.9. The van der Waals surface area contributed by atoms with Gasteiger partial charge in [0.1, 0.15) is 11.3 Å². The second-order valence-corrected chi connectivity index (χ2v) is 8.07. The van der Waals surface area contributed by atoms with E-state index >= 15 is 0 Å². The van der Waals surface area contributed by atoms with Gasteiger partial charge < -0.3 is 29.0 Å². The average molecular weight is 491 g/mol. The van der Waals surface area contributed by atoms with Crippen LogP contribution in [-0.4, -0.2) is 23.5 Å². The molecule has 7 nitrogen and oxygen atoms in total. The molecular formula is C26H23NNa2O6. The van der Waals surface area contributed by atoms with Crippen molar-refractivity contribution >= 4 is 33.8 Å². The zero-order valence-corrected chi connectivity index (χ0v) is 24.2. The van der Waals surface area contributed by atoms with Gasteiger partial charge >= 0.3 is 59.1 Å². The Kier molecular flexibility index (Phi) is 11.3. The summed E-state index contributed by atoms with van der Waals surface area (Å²) in [6.45, 7) is 2.45. The molecule has 1 heterocycles. The van der Waals surface area contributed by atoms with Crippen LogP contribution >= 0.6 is 0 Å². The number of rotatable bonds is 10. The topological polar surface area (TPSA) is 116 Å². The number of carboxylic acid groups (broad SMARTS) is 2. The van der Waals surface area contributed by atoms with Crippen LogP contribution in [0.4, 0.5) is 0 Å². The number of hydrogen-bond acceptors (Lipinski definition) is 7. The van der Waals surface area contributed by atoms with Gasteiger partial charge in [-0.3, -0.25) is 0 Å². The first-order valence-electron chi connectivity index (χ1n) is 10.9. The summed E-state index contributed by atoms with van der Waals surface area (Å²) in [6.07, 6.45) is 1.76. The second kappa shape index (κ2) is 13.4. The Balaban J connectivity index is 0.00000216. The Bertz CT molecular complexity index is 1310. The monoisotopic (exact) mass is 491 g/mol. The van der Waals surface area contributed by atoms with Crippen LogP contribution in [0.3, 0.4) is 0 Å². The predicted molar refractivity (Wildman–Crippen MR) is 119 cm³/mol. The number of carbonyl (C=O) groups is 2. The van der Waals surface area contributed by atoms with Gasteiger partial charge in [0.05, 0.1) is 18.5 Å². The standard InChI is InChI=1S/C26H25NO6.2Na/c1-16-9-12-22-23(14-16)33-24(27-22)20-8-5-6-17-15-18(10-11-19(17)20)32-13-4-2-3-7-21(25(28)29)26(30)31;;/h5-6,8-12,14-15,21H,2-4,7,13H2,1H3,(H,28,29)(H,30,31);;/q;2*+1/p-2. The molecule has 0 fully saturated rings. The van der Waals surface area contributed by atoms with Gasteiger partial charge in [-0.15, -0.1) is 0 Å². The molecule has 0 bridgehead atoms. The molecule has 35 heavy (non-hydrogen) atoms. The summed E-state index contributed by atoms with van der Waals surface area (Å²) in [7, 11) is 0. The number of aryl methyl sites for hydroxylation is 1. The van der Waals surface area contributed by atoms with Crippen molar-refractivity contribution in [1.82, 2.24) is 4.98 Å². The average Bonchev–Trinajstić information content (AvgIpc) is 3.20. The van der Waals surface area contributed by atoms with E-state index in [1.165, 1.54) is 0 Å². The van der Waals surface area contributed by atoms with Gasteiger partial charge in [0.25, 0.3) is 0 Å². The minimum atomic E-state index is -1.60. The van der Waals surface area contributed by atoms with Crippen LogP contribution < -0.4 is 74.1 Å². The third kappa shape index (κ3) is 7.32. The van der Waals surface area contributed by atoms with E-state index in [2.05, 4.69) is 4.98 Å². The third-order valence-electron chi connectivity index (χ3n) is 5.60. The maximum absolute atomic E-state index is 10.8. The smallest absolute Gasteiger partial charge is 0.549 e. The van der Waals surface area contributed by atoms with Gasteiger partial charge in [0, 0.05) is 11.5 Å². The molecule has 170 valence electrons. The number of aliphatic carboxylic acids is 2. The largest absolute Gasteiger partial charge is 1.00 e. The van der Waals surface area contributed by atoms with E-state index in [1.54, 1.807) is 0 Å². The predicted octanol–water partition coefficient (Wildman–Crippen LogP) is -2.98. The number of hydrogen-bond donors (Lipinski definition) is 0. The van der Waals surface area contributed by atoms with Crippen molar-refractivity contribution in [3.05, 3.63) is 60.2 Å². The van der Waals surface area contributed by atoms with E-state index < -0.39 is 17.9 Å². The molecule has 0 atom stereocenters. The molecule has 1 aromatic heterocycles. The fraction of sp³-hybridized carbons (Fsp3) is 0.269. The zero-order valence-electron chi connectivity index (χ0n) is 20.2. The fourth-order valence-corrected chi connectivity index (χ4v) is 3.83. The molecule has 0 radical (unpaired) electrons.